The standard InChI is InChI=1S/C12H14ClN3/c1-8-3-6-14-11-10(8)15-9(7-13)16(11)12(2)4-5-12/h3,6H,4-5,7H2,1-2H3. The summed E-state index contributed by atoms with van der Waals surface area (Å²) in [6.45, 7) is 4.31. The number of nitrogens with zero attached hydrogens (tertiary/aromatic N) is 3. The number of fused-ring (bicyclic) bond motifs is 1. The van der Waals surface area contributed by atoms with Crippen LogP contribution in [0.5, 0.6) is 0 Å². The third-order valence-electron chi connectivity index (χ3n) is 3.45. The van der Waals surface area contributed by atoms with E-state index < -0.39 is 0 Å². The van der Waals surface area contributed by atoms with Crippen LogP contribution in [0.25, 0.3) is 11.2 Å². The maximum Gasteiger partial charge on any atom is 0.160 e. The summed E-state index contributed by atoms with van der Waals surface area (Å²) in [4.78, 5) is 9.06. The fourth-order valence-electron chi connectivity index (χ4n) is 2.20. The van der Waals surface area contributed by atoms with Crippen molar-refractivity contribution in [3.63, 3.8) is 0 Å². The normalized spacial score (nSPS) is 17.9. The number of imidazole rings is 1. The van der Waals surface area contributed by atoms with Gasteiger partial charge in [-0.1, -0.05) is 0 Å². The van der Waals surface area contributed by atoms with Crippen molar-refractivity contribution in [3.8, 4) is 0 Å². The highest BCUT2D eigenvalue weighted by Crippen LogP contribution is 2.45. The molecule has 84 valence electrons. The predicted molar refractivity (Wildman–Crippen MR) is 64.7 cm³/mol. The van der Waals surface area contributed by atoms with Crippen LogP contribution < -0.4 is 0 Å². The Labute approximate surface area is 99.5 Å². The zero-order chi connectivity index (χ0) is 11.3. The molecule has 0 amide bonds. The quantitative estimate of drug-likeness (QED) is 0.750. The largest absolute Gasteiger partial charge is 0.306 e. The summed E-state index contributed by atoms with van der Waals surface area (Å²) in [7, 11) is 0. The van der Waals surface area contributed by atoms with Crippen LogP contribution in [0.2, 0.25) is 0 Å². The second-order valence-electron chi connectivity index (χ2n) is 4.79. The summed E-state index contributed by atoms with van der Waals surface area (Å²) < 4.78 is 2.22. The first-order valence-electron chi connectivity index (χ1n) is 5.55. The highest BCUT2D eigenvalue weighted by atomic mass is 35.5. The SMILES string of the molecule is Cc1ccnc2c1nc(CCl)n2C1(C)CC1. The lowest BCUT2D eigenvalue weighted by Crippen LogP contribution is -2.15. The van der Waals surface area contributed by atoms with Crippen LogP contribution in [-0.2, 0) is 11.4 Å². The van der Waals surface area contributed by atoms with Crippen molar-refractivity contribution in [2.24, 2.45) is 0 Å². The van der Waals surface area contributed by atoms with Crippen LogP contribution >= 0.6 is 11.6 Å². The molecular formula is C12H14ClN3. The molecule has 0 bridgehead atoms. The van der Waals surface area contributed by atoms with Gasteiger partial charge in [-0.15, -0.1) is 11.6 Å². The van der Waals surface area contributed by atoms with Gasteiger partial charge in [-0.25, -0.2) is 9.97 Å². The molecule has 1 aliphatic carbocycles. The number of hydrogen-bond donors (Lipinski definition) is 0. The van der Waals surface area contributed by atoms with Crippen LogP contribution in [0.15, 0.2) is 12.3 Å². The maximum absolute atomic E-state index is 5.98. The van der Waals surface area contributed by atoms with Crippen molar-refractivity contribution in [1.29, 1.82) is 0 Å². The molecule has 2 aromatic heterocycles. The topological polar surface area (TPSA) is 30.7 Å². The Morgan fingerprint density at radius 3 is 2.88 bits per heavy atom. The molecule has 0 unspecified atom stereocenters. The average molecular weight is 236 g/mol. The number of pyridine rings is 1. The Balaban J connectivity index is 2.36. The monoisotopic (exact) mass is 235 g/mol. The minimum absolute atomic E-state index is 0.194. The lowest BCUT2D eigenvalue weighted by molar-refractivity contribution is 0.527. The number of rotatable bonds is 2. The van der Waals surface area contributed by atoms with E-state index in [-0.39, 0.29) is 5.54 Å². The molecule has 0 aromatic carbocycles. The minimum atomic E-state index is 0.194. The van der Waals surface area contributed by atoms with E-state index in [0.717, 1.165) is 17.0 Å². The summed E-state index contributed by atoms with van der Waals surface area (Å²) in [5, 5.41) is 0. The Hall–Kier alpha value is -1.09. The Morgan fingerprint density at radius 1 is 1.50 bits per heavy atom. The van der Waals surface area contributed by atoms with Crippen molar-refractivity contribution < 1.29 is 0 Å². The van der Waals surface area contributed by atoms with E-state index in [0.29, 0.717) is 5.88 Å². The van der Waals surface area contributed by atoms with E-state index in [1.165, 1.54) is 18.4 Å². The van der Waals surface area contributed by atoms with Gasteiger partial charge in [0.25, 0.3) is 0 Å². The number of aromatic nitrogens is 3. The number of hydrogen-bond acceptors (Lipinski definition) is 2. The van der Waals surface area contributed by atoms with Crippen LogP contribution in [0.4, 0.5) is 0 Å². The van der Waals surface area contributed by atoms with Crippen molar-refractivity contribution in [2.75, 3.05) is 0 Å². The van der Waals surface area contributed by atoms with E-state index in [4.69, 9.17) is 11.6 Å². The van der Waals surface area contributed by atoms with Crippen LogP contribution in [0.1, 0.15) is 31.2 Å². The number of aryl methyl sites for hydroxylation is 1. The molecule has 0 saturated heterocycles. The van der Waals surface area contributed by atoms with Gasteiger partial charge >= 0.3 is 0 Å². The molecule has 3 nitrogen and oxygen atoms in total. The molecule has 3 rings (SSSR count). The average Bonchev–Trinajstić information content (AvgIpc) is 2.89. The number of halogens is 1. The third kappa shape index (κ3) is 1.27. The summed E-state index contributed by atoms with van der Waals surface area (Å²) in [6.07, 6.45) is 4.23. The lowest BCUT2D eigenvalue weighted by Gasteiger charge is -2.14. The molecule has 2 aromatic rings. The highest BCUT2D eigenvalue weighted by Gasteiger charge is 2.42. The summed E-state index contributed by atoms with van der Waals surface area (Å²) >= 11 is 5.98. The summed E-state index contributed by atoms with van der Waals surface area (Å²) in [5.74, 6) is 1.39. The molecule has 1 aliphatic rings. The first-order valence-corrected chi connectivity index (χ1v) is 6.08. The first-order chi connectivity index (χ1) is 7.65. The van der Waals surface area contributed by atoms with E-state index >= 15 is 0 Å². The van der Waals surface area contributed by atoms with Crippen LogP contribution in [0, 0.1) is 6.92 Å². The minimum Gasteiger partial charge on any atom is -0.306 e. The van der Waals surface area contributed by atoms with E-state index in [1.54, 1.807) is 0 Å². The third-order valence-corrected chi connectivity index (χ3v) is 3.69. The molecule has 16 heavy (non-hydrogen) atoms. The molecule has 1 saturated carbocycles. The van der Waals surface area contributed by atoms with Gasteiger partial charge in [-0.05, 0) is 38.3 Å². The van der Waals surface area contributed by atoms with E-state index in [1.807, 2.05) is 12.3 Å². The molecule has 4 heteroatoms. The zero-order valence-electron chi connectivity index (χ0n) is 9.50. The second kappa shape index (κ2) is 3.20. The summed E-state index contributed by atoms with van der Waals surface area (Å²) in [6, 6.07) is 1.99. The Kier molecular flexibility index (Phi) is 2.02. The van der Waals surface area contributed by atoms with Crippen molar-refractivity contribution in [3.05, 3.63) is 23.7 Å². The summed E-state index contributed by atoms with van der Waals surface area (Å²) in [5.41, 5.74) is 3.33. The smallest absolute Gasteiger partial charge is 0.160 e. The van der Waals surface area contributed by atoms with Crippen molar-refractivity contribution >= 4 is 22.8 Å². The zero-order valence-corrected chi connectivity index (χ0v) is 10.3. The molecule has 0 atom stereocenters. The van der Waals surface area contributed by atoms with E-state index in [2.05, 4.69) is 28.4 Å². The Bertz CT molecular complexity index is 555. The number of alkyl halides is 1. The molecule has 1 fully saturated rings. The van der Waals surface area contributed by atoms with Crippen molar-refractivity contribution in [1.82, 2.24) is 14.5 Å². The van der Waals surface area contributed by atoms with Gasteiger partial charge < -0.3 is 4.57 Å². The molecule has 2 heterocycles. The van der Waals surface area contributed by atoms with Gasteiger partial charge in [0.1, 0.15) is 11.3 Å². The van der Waals surface area contributed by atoms with Crippen LogP contribution in [0.3, 0.4) is 0 Å². The van der Waals surface area contributed by atoms with Crippen LogP contribution in [-0.4, -0.2) is 14.5 Å². The van der Waals surface area contributed by atoms with Gasteiger partial charge in [0.15, 0.2) is 5.65 Å². The first kappa shape index (κ1) is 10.1. The van der Waals surface area contributed by atoms with E-state index in [9.17, 15) is 0 Å². The molecular weight excluding hydrogens is 222 g/mol. The molecule has 0 aliphatic heterocycles. The van der Waals surface area contributed by atoms with Gasteiger partial charge in [0.2, 0.25) is 0 Å². The van der Waals surface area contributed by atoms with Gasteiger partial charge in [0.05, 0.1) is 5.88 Å². The Morgan fingerprint density at radius 2 is 2.25 bits per heavy atom. The van der Waals surface area contributed by atoms with Gasteiger partial charge in [-0.2, -0.15) is 0 Å². The fourth-order valence-corrected chi connectivity index (χ4v) is 2.38. The molecule has 0 spiro atoms. The van der Waals surface area contributed by atoms with Gasteiger partial charge in [0, 0.05) is 11.7 Å². The highest BCUT2D eigenvalue weighted by molar-refractivity contribution is 6.16. The maximum atomic E-state index is 5.98. The molecule has 0 radical (unpaired) electrons. The second-order valence-corrected chi connectivity index (χ2v) is 5.06. The van der Waals surface area contributed by atoms with Gasteiger partial charge in [-0.3, -0.25) is 0 Å². The predicted octanol–water partition coefficient (Wildman–Crippen LogP) is 2.99. The lowest BCUT2D eigenvalue weighted by atomic mass is 10.2. The molecule has 0 N–H and O–H groups in total. The van der Waals surface area contributed by atoms with Crippen molar-refractivity contribution in [2.45, 2.75) is 38.1 Å². The fraction of sp³-hybridized carbons (Fsp3) is 0.500.